The van der Waals surface area contributed by atoms with E-state index in [4.69, 9.17) is 9.47 Å². The highest BCUT2D eigenvalue weighted by atomic mass is 16.7. The molecule has 0 aliphatic carbocycles. The highest BCUT2D eigenvalue weighted by Crippen LogP contribution is 2.23. The Balaban J connectivity index is 2.24. The van der Waals surface area contributed by atoms with Gasteiger partial charge in [-0.3, -0.25) is 4.79 Å². The number of carbonyl (C=O) groups excluding carboxylic acids is 1. The molecule has 9 nitrogen and oxygen atoms in total. The molecule has 9 heteroatoms. The van der Waals surface area contributed by atoms with Crippen LogP contribution in [0.25, 0.3) is 0 Å². The Morgan fingerprint density at radius 1 is 0.479 bits per heavy atom. The molecule has 1 aliphatic heterocycles. The SMILES string of the molecule is CC/C=C\C/C=C\C/C=C\C/C=C\C/C=C\C/C=C\C/C=C\CCCCCCCCCC(=O)NC(COC1OC(CO)C(O)C(O)C1O)C(O)/C=C/CCCCCCCCCCCCCCCCCCCCC. The molecule has 0 spiro atoms. The van der Waals surface area contributed by atoms with Crippen LogP contribution in [0.4, 0.5) is 0 Å². The van der Waals surface area contributed by atoms with Gasteiger partial charge in [0.2, 0.25) is 5.91 Å². The van der Waals surface area contributed by atoms with Crippen molar-refractivity contribution < 1.29 is 39.8 Å². The summed E-state index contributed by atoms with van der Waals surface area (Å²) in [5.41, 5.74) is 0. The van der Waals surface area contributed by atoms with Crippen LogP contribution < -0.4 is 5.32 Å². The summed E-state index contributed by atoms with van der Waals surface area (Å²) in [7, 11) is 0. The molecular formula is C64H111NO8. The van der Waals surface area contributed by atoms with E-state index >= 15 is 0 Å². The summed E-state index contributed by atoms with van der Waals surface area (Å²) in [5, 5.41) is 54.6. The zero-order chi connectivity index (χ0) is 52.9. The number of amides is 1. The predicted octanol–water partition coefficient (Wildman–Crippen LogP) is 15.2. The van der Waals surface area contributed by atoms with Gasteiger partial charge in [0.15, 0.2) is 6.29 Å². The fourth-order valence-corrected chi connectivity index (χ4v) is 8.96. The molecule has 0 saturated carbocycles. The van der Waals surface area contributed by atoms with Gasteiger partial charge in [0.1, 0.15) is 24.4 Å². The fraction of sp³-hybridized carbons (Fsp3) is 0.734. The summed E-state index contributed by atoms with van der Waals surface area (Å²) >= 11 is 0. The van der Waals surface area contributed by atoms with Gasteiger partial charge in [-0.05, 0) is 77.0 Å². The number of ether oxygens (including phenoxy) is 2. The first-order chi connectivity index (χ1) is 35.8. The average Bonchev–Trinajstić information content (AvgIpc) is 3.39. The molecule has 1 rings (SSSR count). The third-order valence-electron chi connectivity index (χ3n) is 13.7. The van der Waals surface area contributed by atoms with Gasteiger partial charge in [-0.25, -0.2) is 0 Å². The third kappa shape index (κ3) is 42.0. The number of unbranched alkanes of at least 4 members (excludes halogenated alkanes) is 26. The van der Waals surface area contributed by atoms with Crippen molar-refractivity contribution in [2.24, 2.45) is 0 Å². The summed E-state index contributed by atoms with van der Waals surface area (Å²) < 4.78 is 11.3. The molecule has 0 radical (unpaired) electrons. The number of aliphatic hydroxyl groups is 5. The van der Waals surface area contributed by atoms with Crippen molar-refractivity contribution in [2.45, 2.75) is 288 Å². The Morgan fingerprint density at radius 2 is 0.849 bits per heavy atom. The van der Waals surface area contributed by atoms with Crippen molar-refractivity contribution in [3.05, 3.63) is 97.2 Å². The van der Waals surface area contributed by atoms with Crippen molar-refractivity contribution in [2.75, 3.05) is 13.2 Å². The lowest BCUT2D eigenvalue weighted by atomic mass is 9.99. The minimum absolute atomic E-state index is 0.190. The van der Waals surface area contributed by atoms with Crippen LogP contribution in [0.15, 0.2) is 97.2 Å². The first-order valence-electron chi connectivity index (χ1n) is 30.0. The summed E-state index contributed by atoms with van der Waals surface area (Å²) in [6.45, 7) is 3.67. The molecule has 7 unspecified atom stereocenters. The second-order valence-electron chi connectivity index (χ2n) is 20.4. The van der Waals surface area contributed by atoms with Gasteiger partial charge < -0.3 is 40.3 Å². The van der Waals surface area contributed by atoms with E-state index in [0.717, 1.165) is 96.3 Å². The van der Waals surface area contributed by atoms with Gasteiger partial charge in [-0.2, -0.15) is 0 Å². The monoisotopic (exact) mass is 1020 g/mol. The maximum absolute atomic E-state index is 13.1. The van der Waals surface area contributed by atoms with E-state index in [2.05, 4.69) is 104 Å². The van der Waals surface area contributed by atoms with Crippen LogP contribution in [0, 0.1) is 0 Å². The van der Waals surface area contributed by atoms with E-state index in [1.807, 2.05) is 6.08 Å². The zero-order valence-corrected chi connectivity index (χ0v) is 46.6. The molecule has 420 valence electrons. The van der Waals surface area contributed by atoms with Gasteiger partial charge in [0.25, 0.3) is 0 Å². The summed E-state index contributed by atoms with van der Waals surface area (Å²) in [4.78, 5) is 13.1. The van der Waals surface area contributed by atoms with Crippen LogP contribution in [0.3, 0.4) is 0 Å². The molecule has 1 fully saturated rings. The number of aliphatic hydroxyl groups excluding tert-OH is 5. The van der Waals surface area contributed by atoms with Crippen LogP contribution in [0.2, 0.25) is 0 Å². The van der Waals surface area contributed by atoms with Crippen LogP contribution in [-0.4, -0.2) is 87.5 Å². The molecule has 0 aromatic carbocycles. The Hall–Kier alpha value is -2.89. The first-order valence-corrected chi connectivity index (χ1v) is 30.0. The predicted molar refractivity (Wildman–Crippen MR) is 308 cm³/mol. The molecule has 6 N–H and O–H groups in total. The van der Waals surface area contributed by atoms with Crippen molar-refractivity contribution in [1.29, 1.82) is 0 Å². The number of nitrogens with one attached hydrogen (secondary N) is 1. The van der Waals surface area contributed by atoms with Gasteiger partial charge in [-0.15, -0.1) is 0 Å². The topological polar surface area (TPSA) is 149 Å². The van der Waals surface area contributed by atoms with Crippen LogP contribution in [0.1, 0.15) is 245 Å². The van der Waals surface area contributed by atoms with Crippen molar-refractivity contribution in [3.8, 4) is 0 Å². The lowest BCUT2D eigenvalue weighted by Crippen LogP contribution is -2.60. The largest absolute Gasteiger partial charge is 0.394 e. The second-order valence-corrected chi connectivity index (χ2v) is 20.4. The van der Waals surface area contributed by atoms with Crippen molar-refractivity contribution in [3.63, 3.8) is 0 Å². The summed E-state index contributed by atoms with van der Waals surface area (Å²) in [6.07, 6.45) is 68.9. The van der Waals surface area contributed by atoms with E-state index in [-0.39, 0.29) is 12.5 Å². The highest BCUT2D eigenvalue weighted by Gasteiger charge is 2.44. The van der Waals surface area contributed by atoms with E-state index in [1.165, 1.54) is 128 Å². The van der Waals surface area contributed by atoms with Crippen LogP contribution in [0.5, 0.6) is 0 Å². The molecule has 1 aliphatic rings. The first kappa shape index (κ1) is 68.1. The lowest BCUT2D eigenvalue weighted by Gasteiger charge is -2.40. The summed E-state index contributed by atoms with van der Waals surface area (Å²) in [6, 6.07) is -0.819. The third-order valence-corrected chi connectivity index (χ3v) is 13.7. The maximum Gasteiger partial charge on any atom is 0.220 e. The number of rotatable bonds is 50. The minimum atomic E-state index is -1.57. The molecule has 0 aromatic heterocycles. The van der Waals surface area contributed by atoms with Gasteiger partial charge in [0, 0.05) is 6.42 Å². The normalized spacial score (nSPS) is 19.8. The van der Waals surface area contributed by atoms with E-state index in [1.54, 1.807) is 6.08 Å². The smallest absolute Gasteiger partial charge is 0.220 e. The molecule has 7 atom stereocenters. The number of allylic oxidation sites excluding steroid dienone is 15. The lowest BCUT2D eigenvalue weighted by molar-refractivity contribution is -0.302. The molecule has 1 amide bonds. The van der Waals surface area contributed by atoms with Gasteiger partial charge in [-0.1, -0.05) is 259 Å². The highest BCUT2D eigenvalue weighted by molar-refractivity contribution is 5.76. The quantitative estimate of drug-likeness (QED) is 0.0261. The number of hydrogen-bond donors (Lipinski definition) is 6. The van der Waals surface area contributed by atoms with Crippen LogP contribution >= 0.6 is 0 Å². The average molecular weight is 1020 g/mol. The van der Waals surface area contributed by atoms with Gasteiger partial charge >= 0.3 is 0 Å². The van der Waals surface area contributed by atoms with E-state index < -0.39 is 49.5 Å². The molecule has 0 bridgehead atoms. The molecule has 73 heavy (non-hydrogen) atoms. The fourth-order valence-electron chi connectivity index (χ4n) is 8.96. The Kier molecular flexibility index (Phi) is 49.0. The molecule has 0 aromatic rings. The molecule has 1 saturated heterocycles. The van der Waals surface area contributed by atoms with Crippen molar-refractivity contribution in [1.82, 2.24) is 5.32 Å². The van der Waals surface area contributed by atoms with Gasteiger partial charge in [0.05, 0.1) is 25.4 Å². The zero-order valence-electron chi connectivity index (χ0n) is 46.6. The molecular weight excluding hydrogens is 911 g/mol. The van der Waals surface area contributed by atoms with Crippen molar-refractivity contribution >= 4 is 5.91 Å². The second kappa shape index (κ2) is 52.5. The number of hydrogen-bond acceptors (Lipinski definition) is 8. The Morgan fingerprint density at radius 3 is 1.26 bits per heavy atom. The maximum atomic E-state index is 13.1. The Bertz CT molecular complexity index is 1460. The standard InChI is InChI=1S/C64H111NO8/c1-3-5-7-9-11-13-15-17-19-21-23-25-26-27-28-29-30-31-32-34-36-38-40-42-44-46-48-50-52-54-60(68)65-57(56-72-64-63(71)62(70)61(69)59(55-66)73-64)58(67)53-51-49-47-45-43-41-39-37-35-33-24-22-20-18-16-14-12-10-8-6-4-2/h5,7,11,13,17,19,23,25,27-28,30-31,34,36,51,53,57-59,61-64,66-67,69-71H,3-4,6,8-10,12,14-16,18,20-22,24,26,29,32-33,35,37-50,52,54-56H2,1-2H3,(H,65,68)/b7-5-,13-11-,19-17-,25-23-,28-27-,31-30-,36-34-,53-51+. The van der Waals surface area contributed by atoms with E-state index in [9.17, 15) is 30.3 Å². The number of carbonyl (C=O) groups is 1. The van der Waals surface area contributed by atoms with Crippen LogP contribution in [-0.2, 0) is 14.3 Å². The minimum Gasteiger partial charge on any atom is -0.394 e. The Labute approximate surface area is 447 Å². The summed E-state index contributed by atoms with van der Waals surface area (Å²) in [5.74, 6) is -0.190. The molecule has 1 heterocycles. The van der Waals surface area contributed by atoms with E-state index in [0.29, 0.717) is 6.42 Å².